The number of rotatable bonds is 6. The molecule has 11 heteroatoms. The van der Waals surface area contributed by atoms with Gasteiger partial charge in [-0.3, -0.25) is 0 Å². The molecular formula is C21H19ClF3N3O4-2. The maximum absolute atomic E-state index is 12.8. The third-order valence-electron chi connectivity index (χ3n) is 5.52. The van der Waals surface area contributed by atoms with E-state index in [1.807, 2.05) is 0 Å². The minimum Gasteiger partial charge on any atom is -0.550 e. The Balaban J connectivity index is 2.07. The van der Waals surface area contributed by atoms with Crippen LogP contribution in [0.5, 0.6) is 0 Å². The Morgan fingerprint density at radius 1 is 1.28 bits per heavy atom. The monoisotopic (exact) mass is 469 g/mol. The maximum atomic E-state index is 12.8. The average Bonchev–Trinajstić information content (AvgIpc) is 2.93. The second-order valence-electron chi connectivity index (χ2n) is 7.48. The number of nitrogens with zero attached hydrogens (tertiary/aromatic N) is 2. The number of alkyl halides is 3. The Morgan fingerprint density at radius 3 is 2.56 bits per heavy atom. The van der Waals surface area contributed by atoms with Crippen molar-refractivity contribution in [3.05, 3.63) is 52.3 Å². The van der Waals surface area contributed by atoms with Crippen LogP contribution >= 0.6 is 11.6 Å². The molecule has 0 radical (unpaired) electrons. The van der Waals surface area contributed by atoms with Gasteiger partial charge in [0.2, 0.25) is 0 Å². The summed E-state index contributed by atoms with van der Waals surface area (Å²) in [5.41, 5.74) is 1.03. The molecule has 1 aliphatic heterocycles. The number of fused-ring (bicyclic) bond motifs is 1. The Hall–Kier alpha value is -2.85. The average molecular weight is 470 g/mol. The van der Waals surface area contributed by atoms with Crippen molar-refractivity contribution in [1.29, 1.82) is 0 Å². The van der Waals surface area contributed by atoms with Gasteiger partial charge in [-0.15, -0.1) is 0 Å². The molecule has 32 heavy (non-hydrogen) atoms. The highest BCUT2D eigenvalue weighted by atomic mass is 35.5. The maximum Gasteiger partial charge on any atom is 0.433 e. The van der Waals surface area contributed by atoms with Crippen molar-refractivity contribution in [2.45, 2.75) is 24.9 Å². The molecule has 2 aromatic rings. The molecule has 0 saturated heterocycles. The molecule has 2 heterocycles. The topological polar surface area (TPSA) is 108 Å². The van der Waals surface area contributed by atoms with Crippen LogP contribution in [-0.2, 0) is 22.2 Å². The fraction of sp³-hybridized carbons (Fsp3) is 0.381. The predicted octanol–water partition coefficient (Wildman–Crippen LogP) is 1.26. The lowest BCUT2D eigenvalue weighted by molar-refractivity contribution is -0.321. The van der Waals surface area contributed by atoms with E-state index in [1.54, 1.807) is 24.1 Å². The summed E-state index contributed by atoms with van der Waals surface area (Å²) in [5, 5.41) is 26.2. The Labute approximate surface area is 186 Å². The van der Waals surface area contributed by atoms with Crippen molar-refractivity contribution in [2.75, 3.05) is 25.0 Å². The minimum absolute atomic E-state index is 0.200. The predicted molar refractivity (Wildman–Crippen MR) is 106 cm³/mol. The summed E-state index contributed by atoms with van der Waals surface area (Å²) >= 11 is 6.44. The molecule has 1 N–H and O–H groups in total. The first-order chi connectivity index (χ1) is 15.0. The van der Waals surface area contributed by atoms with Gasteiger partial charge in [0.25, 0.3) is 0 Å². The molecule has 0 spiro atoms. The van der Waals surface area contributed by atoms with Gasteiger partial charge in [-0.05, 0) is 48.7 Å². The molecule has 0 bridgehead atoms. The number of anilines is 2. The third kappa shape index (κ3) is 4.97. The molecule has 7 nitrogen and oxygen atoms in total. The van der Waals surface area contributed by atoms with Crippen molar-refractivity contribution in [3.63, 3.8) is 0 Å². The number of hydrogen-bond donors (Lipinski definition) is 1. The van der Waals surface area contributed by atoms with Crippen LogP contribution in [0.25, 0.3) is 0 Å². The molecule has 3 rings (SSSR count). The van der Waals surface area contributed by atoms with Gasteiger partial charge in [-0.2, -0.15) is 13.2 Å². The van der Waals surface area contributed by atoms with E-state index in [4.69, 9.17) is 11.6 Å². The number of carbonyl (C=O) groups excluding carboxylic acids is 2. The molecule has 0 amide bonds. The van der Waals surface area contributed by atoms with Crippen LogP contribution in [0, 0.1) is 5.92 Å². The van der Waals surface area contributed by atoms with Crippen molar-refractivity contribution in [1.82, 2.24) is 10.3 Å². The van der Waals surface area contributed by atoms with Crippen LogP contribution in [0.15, 0.2) is 30.5 Å². The van der Waals surface area contributed by atoms with Gasteiger partial charge in [0.1, 0.15) is 5.69 Å². The molecule has 2 unspecified atom stereocenters. The number of pyridine rings is 1. The van der Waals surface area contributed by atoms with Crippen molar-refractivity contribution >= 4 is 34.9 Å². The third-order valence-corrected chi connectivity index (χ3v) is 5.83. The summed E-state index contributed by atoms with van der Waals surface area (Å²) in [6.45, 7) is 0.659. The lowest BCUT2D eigenvalue weighted by Gasteiger charge is -2.31. The summed E-state index contributed by atoms with van der Waals surface area (Å²) in [4.78, 5) is 27.9. The van der Waals surface area contributed by atoms with E-state index in [9.17, 15) is 33.0 Å². The van der Waals surface area contributed by atoms with E-state index < -0.39 is 42.1 Å². The zero-order chi connectivity index (χ0) is 23.6. The van der Waals surface area contributed by atoms with E-state index in [2.05, 4.69) is 10.3 Å². The number of carboxylic acid groups (broad SMARTS) is 2. The van der Waals surface area contributed by atoms with Crippen molar-refractivity contribution < 1.29 is 33.0 Å². The molecule has 0 saturated carbocycles. The molecule has 1 aromatic heterocycles. The SMILES string of the molecule is CN(c1ccc(C(F)(F)F)nc1)c1c(Cl)ccc2c1CCNCC2C(CC(=O)[O-])C(=O)[O-]. The smallest absolute Gasteiger partial charge is 0.433 e. The summed E-state index contributed by atoms with van der Waals surface area (Å²) in [5.74, 6) is -5.08. The highest BCUT2D eigenvalue weighted by Crippen LogP contribution is 2.41. The van der Waals surface area contributed by atoms with Gasteiger partial charge < -0.3 is 30.0 Å². The fourth-order valence-electron chi connectivity index (χ4n) is 3.99. The van der Waals surface area contributed by atoms with Crippen LogP contribution in [0.1, 0.15) is 29.2 Å². The summed E-state index contributed by atoms with van der Waals surface area (Å²) < 4.78 is 38.5. The number of carboxylic acids is 2. The second-order valence-corrected chi connectivity index (χ2v) is 7.89. The van der Waals surface area contributed by atoms with Gasteiger partial charge in [0.05, 0.1) is 22.6 Å². The van der Waals surface area contributed by atoms with Crippen LogP contribution in [0.2, 0.25) is 5.02 Å². The Bertz CT molecular complexity index is 1010. The number of hydrogen-bond acceptors (Lipinski definition) is 7. The van der Waals surface area contributed by atoms with E-state index in [1.165, 1.54) is 6.07 Å². The number of nitrogens with one attached hydrogen (secondary N) is 1. The summed E-state index contributed by atoms with van der Waals surface area (Å²) in [6, 6.07) is 5.31. The largest absolute Gasteiger partial charge is 0.550 e. The number of halogens is 4. The molecule has 1 aliphatic rings. The zero-order valence-electron chi connectivity index (χ0n) is 16.9. The van der Waals surface area contributed by atoms with E-state index in [-0.39, 0.29) is 6.54 Å². The molecule has 0 aliphatic carbocycles. The van der Waals surface area contributed by atoms with Gasteiger partial charge in [-0.25, -0.2) is 4.98 Å². The normalized spacial score (nSPS) is 17.2. The van der Waals surface area contributed by atoms with E-state index >= 15 is 0 Å². The molecule has 0 fully saturated rings. The van der Waals surface area contributed by atoms with Crippen LogP contribution in [0.3, 0.4) is 0 Å². The summed E-state index contributed by atoms with van der Waals surface area (Å²) in [7, 11) is 1.61. The van der Waals surface area contributed by atoms with Crippen LogP contribution < -0.4 is 20.4 Å². The van der Waals surface area contributed by atoms with Gasteiger partial charge in [0, 0.05) is 37.4 Å². The van der Waals surface area contributed by atoms with Gasteiger partial charge >= 0.3 is 6.18 Å². The van der Waals surface area contributed by atoms with Crippen LogP contribution in [0.4, 0.5) is 24.5 Å². The second kappa shape index (κ2) is 9.33. The quantitative estimate of drug-likeness (QED) is 0.678. The number of benzene rings is 1. The van der Waals surface area contributed by atoms with E-state index in [0.29, 0.717) is 40.5 Å². The fourth-order valence-corrected chi connectivity index (χ4v) is 4.29. The highest BCUT2D eigenvalue weighted by Gasteiger charge is 2.33. The van der Waals surface area contributed by atoms with Gasteiger partial charge in [0.15, 0.2) is 0 Å². The number of aromatic nitrogens is 1. The Kier molecular flexibility index (Phi) is 6.94. The minimum atomic E-state index is -4.57. The van der Waals surface area contributed by atoms with Crippen molar-refractivity contribution in [2.24, 2.45) is 5.92 Å². The lowest BCUT2D eigenvalue weighted by atomic mass is 9.81. The highest BCUT2D eigenvalue weighted by molar-refractivity contribution is 6.33. The van der Waals surface area contributed by atoms with Gasteiger partial charge in [-0.1, -0.05) is 17.7 Å². The zero-order valence-corrected chi connectivity index (χ0v) is 17.7. The lowest BCUT2D eigenvalue weighted by Crippen LogP contribution is -2.41. The first kappa shape index (κ1) is 23.8. The molecule has 2 atom stereocenters. The molecular weight excluding hydrogens is 451 g/mol. The van der Waals surface area contributed by atoms with Crippen molar-refractivity contribution in [3.8, 4) is 0 Å². The first-order valence-electron chi connectivity index (χ1n) is 9.70. The standard InChI is InChI=1S/C21H21ClF3N3O4/c1-28(11-2-5-17(27-9-11)21(23,24)25)19-13-6-7-26-10-15(12(13)3-4-16(19)22)14(20(31)32)8-18(29)30/h2-5,9,14-15,26H,6-8,10H2,1H3,(H,29,30)(H,31,32)/p-2. The molecule has 172 valence electrons. The van der Waals surface area contributed by atoms with E-state index in [0.717, 1.165) is 12.3 Å². The Morgan fingerprint density at radius 2 is 2.00 bits per heavy atom. The molecule has 1 aromatic carbocycles. The van der Waals surface area contributed by atoms with Crippen LogP contribution in [-0.4, -0.2) is 37.1 Å². The summed E-state index contributed by atoms with van der Waals surface area (Å²) in [6.07, 6.45) is -3.78. The number of carbonyl (C=O) groups is 2. The first-order valence-corrected chi connectivity index (χ1v) is 10.1. The number of aliphatic carboxylic acids is 2.